The second-order valence-electron chi connectivity index (χ2n) is 6.66. The van der Waals surface area contributed by atoms with Gasteiger partial charge in [0, 0.05) is 25.7 Å². The molecule has 0 saturated carbocycles. The Morgan fingerprint density at radius 3 is 2.67 bits per heavy atom. The maximum atomic E-state index is 12.8. The van der Waals surface area contributed by atoms with Crippen molar-refractivity contribution in [1.82, 2.24) is 9.80 Å². The highest BCUT2D eigenvalue weighted by Gasteiger charge is 2.29. The van der Waals surface area contributed by atoms with E-state index in [1.54, 1.807) is 19.1 Å². The van der Waals surface area contributed by atoms with Crippen LogP contribution in [0.25, 0.3) is 6.08 Å². The molecule has 3 rings (SSSR count). The standard InChI is InChI=1S/C21H24N2O4/c1-15-18(21(25)26-3)13-17(27-15)9-10-20(24)23-12-11-22(2)14-19(23)16-7-5-4-6-8-16/h4-10,13,19H,11-12,14H2,1-3H3/b10-9+. The van der Waals surface area contributed by atoms with Gasteiger partial charge in [0.15, 0.2) is 0 Å². The van der Waals surface area contributed by atoms with Crippen molar-refractivity contribution in [3.05, 3.63) is 65.1 Å². The van der Waals surface area contributed by atoms with Crippen LogP contribution >= 0.6 is 0 Å². The van der Waals surface area contributed by atoms with Crippen LogP contribution in [0.2, 0.25) is 0 Å². The normalized spacial score (nSPS) is 18.0. The van der Waals surface area contributed by atoms with Crippen molar-refractivity contribution in [1.29, 1.82) is 0 Å². The molecule has 1 unspecified atom stereocenters. The highest BCUT2D eigenvalue weighted by atomic mass is 16.5. The van der Waals surface area contributed by atoms with Crippen LogP contribution in [0.5, 0.6) is 0 Å². The quantitative estimate of drug-likeness (QED) is 0.613. The van der Waals surface area contributed by atoms with Gasteiger partial charge in [0.05, 0.1) is 13.2 Å². The van der Waals surface area contributed by atoms with Crippen LogP contribution in [0.3, 0.4) is 0 Å². The highest BCUT2D eigenvalue weighted by Crippen LogP contribution is 2.25. The molecular weight excluding hydrogens is 344 g/mol. The summed E-state index contributed by atoms with van der Waals surface area (Å²) in [6, 6.07) is 11.6. The summed E-state index contributed by atoms with van der Waals surface area (Å²) in [4.78, 5) is 28.6. The van der Waals surface area contributed by atoms with Gasteiger partial charge < -0.3 is 19.0 Å². The Hall–Kier alpha value is -2.86. The van der Waals surface area contributed by atoms with Crippen LogP contribution in [0.4, 0.5) is 0 Å². The fourth-order valence-corrected chi connectivity index (χ4v) is 3.29. The third-order valence-corrected chi connectivity index (χ3v) is 4.78. The van der Waals surface area contributed by atoms with E-state index in [-0.39, 0.29) is 11.9 Å². The molecule has 6 nitrogen and oxygen atoms in total. The first-order valence-corrected chi connectivity index (χ1v) is 8.90. The number of esters is 1. The molecule has 1 amide bonds. The Kier molecular flexibility index (Phi) is 5.76. The Morgan fingerprint density at radius 1 is 1.22 bits per heavy atom. The van der Waals surface area contributed by atoms with Crippen molar-refractivity contribution in [3.8, 4) is 0 Å². The third-order valence-electron chi connectivity index (χ3n) is 4.78. The molecule has 1 saturated heterocycles. The van der Waals surface area contributed by atoms with Crippen molar-refractivity contribution >= 4 is 18.0 Å². The first-order valence-electron chi connectivity index (χ1n) is 8.90. The second-order valence-corrected chi connectivity index (χ2v) is 6.66. The topological polar surface area (TPSA) is 63.0 Å². The van der Waals surface area contributed by atoms with Gasteiger partial charge in [-0.3, -0.25) is 4.79 Å². The van der Waals surface area contributed by atoms with Crippen LogP contribution in [0.1, 0.15) is 33.5 Å². The summed E-state index contributed by atoms with van der Waals surface area (Å²) in [6.07, 6.45) is 3.10. The van der Waals surface area contributed by atoms with Crippen molar-refractivity contribution < 1.29 is 18.7 Å². The largest absolute Gasteiger partial charge is 0.465 e. The number of piperazine rings is 1. The molecule has 0 radical (unpaired) electrons. The Morgan fingerprint density at radius 2 is 1.96 bits per heavy atom. The summed E-state index contributed by atoms with van der Waals surface area (Å²) in [5, 5.41) is 0. The van der Waals surface area contributed by atoms with Crippen molar-refractivity contribution in [2.45, 2.75) is 13.0 Å². The first kappa shape index (κ1) is 18.9. The zero-order chi connectivity index (χ0) is 19.4. The average Bonchev–Trinajstić information content (AvgIpc) is 3.06. The van der Waals surface area contributed by atoms with Crippen LogP contribution in [0, 0.1) is 6.92 Å². The number of hydrogen-bond acceptors (Lipinski definition) is 5. The van der Waals surface area contributed by atoms with E-state index in [0.717, 1.165) is 18.7 Å². The number of aryl methyl sites for hydroxylation is 1. The molecule has 0 spiro atoms. The van der Waals surface area contributed by atoms with Crippen molar-refractivity contribution in [3.63, 3.8) is 0 Å². The van der Waals surface area contributed by atoms with Gasteiger partial charge in [-0.1, -0.05) is 30.3 Å². The zero-order valence-electron chi connectivity index (χ0n) is 15.8. The number of carbonyl (C=O) groups is 2. The summed E-state index contributed by atoms with van der Waals surface area (Å²) in [7, 11) is 3.39. The van der Waals surface area contributed by atoms with E-state index in [1.807, 2.05) is 35.2 Å². The fraction of sp³-hybridized carbons (Fsp3) is 0.333. The molecule has 0 bridgehead atoms. The van der Waals surface area contributed by atoms with Crippen LogP contribution in [-0.2, 0) is 9.53 Å². The maximum absolute atomic E-state index is 12.8. The molecule has 2 heterocycles. The lowest BCUT2D eigenvalue weighted by atomic mass is 10.0. The molecule has 1 aromatic heterocycles. The number of ether oxygens (including phenoxy) is 1. The van der Waals surface area contributed by atoms with Gasteiger partial charge in [-0.05, 0) is 31.7 Å². The van der Waals surface area contributed by atoms with E-state index < -0.39 is 5.97 Å². The monoisotopic (exact) mass is 368 g/mol. The lowest BCUT2D eigenvalue weighted by Crippen LogP contribution is -2.48. The van der Waals surface area contributed by atoms with Crippen molar-refractivity contribution in [2.24, 2.45) is 0 Å². The number of hydrogen-bond donors (Lipinski definition) is 0. The van der Waals surface area contributed by atoms with Gasteiger partial charge in [0.25, 0.3) is 0 Å². The number of methoxy groups -OCH3 is 1. The molecule has 27 heavy (non-hydrogen) atoms. The summed E-state index contributed by atoms with van der Waals surface area (Å²) in [6.45, 7) is 3.96. The Balaban J connectivity index is 1.77. The van der Waals surface area contributed by atoms with Crippen molar-refractivity contribution in [2.75, 3.05) is 33.8 Å². The average molecular weight is 368 g/mol. The smallest absolute Gasteiger partial charge is 0.341 e. The fourth-order valence-electron chi connectivity index (χ4n) is 3.29. The van der Waals surface area contributed by atoms with E-state index in [2.05, 4.69) is 11.9 Å². The van der Waals surface area contributed by atoms with Gasteiger partial charge in [-0.2, -0.15) is 0 Å². The molecule has 1 aliphatic heterocycles. The number of nitrogens with zero attached hydrogens (tertiary/aromatic N) is 2. The lowest BCUT2D eigenvalue weighted by Gasteiger charge is -2.39. The van der Waals surface area contributed by atoms with Crippen LogP contribution in [-0.4, -0.2) is 55.5 Å². The van der Waals surface area contributed by atoms with E-state index in [1.165, 1.54) is 13.2 Å². The number of amides is 1. The van der Waals surface area contributed by atoms with Crippen LogP contribution < -0.4 is 0 Å². The Bertz CT molecular complexity index is 841. The minimum atomic E-state index is -0.453. The minimum absolute atomic E-state index is 0.00562. The predicted octanol–water partition coefficient (Wildman–Crippen LogP) is 2.90. The summed E-state index contributed by atoms with van der Waals surface area (Å²) in [5.74, 6) is 0.387. The molecule has 0 N–H and O–H groups in total. The van der Waals surface area contributed by atoms with Gasteiger partial charge in [-0.25, -0.2) is 4.79 Å². The SMILES string of the molecule is COC(=O)c1cc(/C=C/C(=O)N2CCN(C)CC2c2ccccc2)oc1C. The maximum Gasteiger partial charge on any atom is 0.341 e. The molecule has 1 atom stereocenters. The Labute approximate surface area is 159 Å². The number of carbonyl (C=O) groups excluding carboxylic acids is 2. The molecule has 0 aliphatic carbocycles. The van der Waals surface area contributed by atoms with E-state index in [9.17, 15) is 9.59 Å². The minimum Gasteiger partial charge on any atom is -0.465 e. The second kappa shape index (κ2) is 8.22. The van der Waals surface area contributed by atoms with E-state index >= 15 is 0 Å². The number of benzene rings is 1. The zero-order valence-corrected chi connectivity index (χ0v) is 15.8. The third kappa shape index (κ3) is 4.28. The summed E-state index contributed by atoms with van der Waals surface area (Å²) in [5.41, 5.74) is 1.49. The highest BCUT2D eigenvalue weighted by molar-refractivity contribution is 5.93. The lowest BCUT2D eigenvalue weighted by molar-refractivity contribution is -0.130. The van der Waals surface area contributed by atoms with Crippen LogP contribution in [0.15, 0.2) is 46.9 Å². The van der Waals surface area contributed by atoms with Gasteiger partial charge in [0.1, 0.15) is 17.1 Å². The van der Waals surface area contributed by atoms with E-state index in [4.69, 9.17) is 9.15 Å². The summed E-state index contributed by atoms with van der Waals surface area (Å²) >= 11 is 0. The van der Waals surface area contributed by atoms with Gasteiger partial charge in [-0.15, -0.1) is 0 Å². The van der Waals surface area contributed by atoms with E-state index in [0.29, 0.717) is 23.6 Å². The summed E-state index contributed by atoms with van der Waals surface area (Å²) < 4.78 is 10.3. The number of rotatable bonds is 4. The predicted molar refractivity (Wildman–Crippen MR) is 102 cm³/mol. The molecule has 6 heteroatoms. The first-order chi connectivity index (χ1) is 13.0. The molecule has 142 valence electrons. The molecular formula is C21H24N2O4. The van der Waals surface area contributed by atoms with Gasteiger partial charge >= 0.3 is 5.97 Å². The number of furan rings is 1. The molecule has 2 aromatic rings. The number of likely N-dealkylation sites (N-methyl/N-ethyl adjacent to an activating group) is 1. The molecule has 1 aliphatic rings. The molecule has 1 fully saturated rings. The van der Waals surface area contributed by atoms with Gasteiger partial charge in [0.2, 0.25) is 5.91 Å². The molecule has 1 aromatic carbocycles.